The average Bonchev–Trinajstić information content (AvgIpc) is 2.64. The second kappa shape index (κ2) is 8.74. The van der Waals surface area contributed by atoms with Gasteiger partial charge in [-0.2, -0.15) is 0 Å². The molecule has 3 nitrogen and oxygen atoms in total. The third kappa shape index (κ3) is 4.89. The van der Waals surface area contributed by atoms with Crippen LogP contribution in [0.15, 0.2) is 47.4 Å². The summed E-state index contributed by atoms with van der Waals surface area (Å²) < 4.78 is 0. The van der Waals surface area contributed by atoms with E-state index in [4.69, 9.17) is 0 Å². The molecule has 0 saturated carbocycles. The second-order valence-electron chi connectivity index (χ2n) is 7.19. The third-order valence-electron chi connectivity index (χ3n) is 5.10. The van der Waals surface area contributed by atoms with Crippen molar-refractivity contribution in [2.75, 3.05) is 19.3 Å². The van der Waals surface area contributed by atoms with Crippen molar-refractivity contribution in [2.24, 2.45) is 0 Å². The summed E-state index contributed by atoms with van der Waals surface area (Å²) in [4.78, 5) is 16.3. The van der Waals surface area contributed by atoms with Crippen LogP contribution in [-0.2, 0) is 6.54 Å². The van der Waals surface area contributed by atoms with Crippen LogP contribution in [0, 0.1) is 13.8 Å². The van der Waals surface area contributed by atoms with E-state index in [1.165, 1.54) is 11.1 Å². The van der Waals surface area contributed by atoms with E-state index in [2.05, 4.69) is 47.5 Å². The van der Waals surface area contributed by atoms with Gasteiger partial charge in [-0.3, -0.25) is 9.69 Å². The Morgan fingerprint density at radius 3 is 2.62 bits per heavy atom. The summed E-state index contributed by atoms with van der Waals surface area (Å²) in [7, 11) is 0. The minimum absolute atomic E-state index is 0.0653. The lowest BCUT2D eigenvalue weighted by Crippen LogP contribution is -2.44. The Labute approximate surface area is 161 Å². The molecule has 2 aromatic rings. The summed E-state index contributed by atoms with van der Waals surface area (Å²) in [6.07, 6.45) is 4.06. The highest BCUT2D eigenvalue weighted by molar-refractivity contribution is 7.98. The molecule has 0 radical (unpaired) electrons. The molecule has 2 aromatic carbocycles. The third-order valence-corrected chi connectivity index (χ3v) is 5.83. The molecule has 1 saturated heterocycles. The first-order valence-corrected chi connectivity index (χ1v) is 10.5. The molecule has 0 aromatic heterocycles. The maximum absolute atomic E-state index is 12.7. The van der Waals surface area contributed by atoms with Crippen LogP contribution < -0.4 is 5.32 Å². The minimum atomic E-state index is 0.0653. The molecule has 1 N–H and O–H groups in total. The summed E-state index contributed by atoms with van der Waals surface area (Å²) >= 11 is 1.67. The topological polar surface area (TPSA) is 32.3 Å². The van der Waals surface area contributed by atoms with E-state index in [0.717, 1.165) is 48.5 Å². The summed E-state index contributed by atoms with van der Waals surface area (Å²) in [5.41, 5.74) is 4.53. The lowest BCUT2D eigenvalue weighted by Gasteiger charge is -2.32. The quantitative estimate of drug-likeness (QED) is 0.793. The number of hydrogen-bond acceptors (Lipinski definition) is 3. The van der Waals surface area contributed by atoms with Crippen LogP contribution in [0.5, 0.6) is 0 Å². The number of nitrogens with zero attached hydrogens (tertiary/aromatic N) is 1. The van der Waals surface area contributed by atoms with Crippen LogP contribution in [0.2, 0.25) is 0 Å². The van der Waals surface area contributed by atoms with Gasteiger partial charge in [-0.05, 0) is 56.2 Å². The van der Waals surface area contributed by atoms with Crippen LogP contribution in [0.3, 0.4) is 0 Å². The zero-order chi connectivity index (χ0) is 18.5. The van der Waals surface area contributed by atoms with Gasteiger partial charge in [0.1, 0.15) is 0 Å². The van der Waals surface area contributed by atoms with E-state index in [9.17, 15) is 4.79 Å². The molecule has 26 heavy (non-hydrogen) atoms. The Morgan fingerprint density at radius 1 is 1.15 bits per heavy atom. The van der Waals surface area contributed by atoms with Gasteiger partial charge < -0.3 is 5.32 Å². The fourth-order valence-corrected chi connectivity index (χ4v) is 3.98. The fourth-order valence-electron chi connectivity index (χ4n) is 3.54. The van der Waals surface area contributed by atoms with E-state index in [1.54, 1.807) is 11.8 Å². The Kier molecular flexibility index (Phi) is 6.38. The first-order chi connectivity index (χ1) is 12.5. The van der Waals surface area contributed by atoms with Gasteiger partial charge in [0.25, 0.3) is 5.91 Å². The van der Waals surface area contributed by atoms with Gasteiger partial charge in [0.05, 0.1) is 0 Å². The van der Waals surface area contributed by atoms with Crippen molar-refractivity contribution in [2.45, 2.75) is 44.2 Å². The molecule has 1 fully saturated rings. The monoisotopic (exact) mass is 368 g/mol. The molecule has 1 aliphatic rings. The molecule has 1 heterocycles. The number of aryl methyl sites for hydroxylation is 2. The average molecular weight is 369 g/mol. The lowest BCUT2D eigenvalue weighted by molar-refractivity contribution is 0.0908. The number of benzene rings is 2. The highest BCUT2D eigenvalue weighted by atomic mass is 32.2. The Hall–Kier alpha value is -1.78. The zero-order valence-electron chi connectivity index (χ0n) is 15.9. The standard InChI is InChI=1S/C22H28N2OS/c1-16-5-4-6-18(13-16)15-24-11-9-19(10-12-24)23-22(25)21-14-20(26-3)8-7-17(21)2/h4-8,13-14,19H,9-12,15H2,1-3H3,(H,23,25). The predicted octanol–water partition coefficient (Wildman–Crippen LogP) is 4.42. The summed E-state index contributed by atoms with van der Waals surface area (Å²) in [5.74, 6) is 0.0653. The Morgan fingerprint density at radius 2 is 1.92 bits per heavy atom. The number of thioether (sulfide) groups is 1. The molecule has 3 rings (SSSR count). The summed E-state index contributed by atoms with van der Waals surface area (Å²) in [6, 6.07) is 15.1. The minimum Gasteiger partial charge on any atom is -0.349 e. The molecule has 0 aliphatic carbocycles. The number of rotatable bonds is 5. The first kappa shape index (κ1) is 19.0. The molecule has 4 heteroatoms. The van der Waals surface area contributed by atoms with Gasteiger partial charge in [0, 0.05) is 36.1 Å². The molecule has 138 valence electrons. The number of amides is 1. The predicted molar refractivity (Wildman–Crippen MR) is 110 cm³/mol. The van der Waals surface area contributed by atoms with Gasteiger partial charge >= 0.3 is 0 Å². The molecule has 0 unspecified atom stereocenters. The molecule has 1 aliphatic heterocycles. The van der Waals surface area contributed by atoms with Crippen molar-refractivity contribution in [3.63, 3.8) is 0 Å². The molecule has 0 atom stereocenters. The van der Waals surface area contributed by atoms with E-state index >= 15 is 0 Å². The molecular weight excluding hydrogens is 340 g/mol. The van der Waals surface area contributed by atoms with Crippen molar-refractivity contribution in [1.29, 1.82) is 0 Å². The summed E-state index contributed by atoms with van der Waals surface area (Å²) in [6.45, 7) is 7.20. The number of nitrogens with one attached hydrogen (secondary N) is 1. The number of hydrogen-bond donors (Lipinski definition) is 1. The van der Waals surface area contributed by atoms with E-state index < -0.39 is 0 Å². The largest absolute Gasteiger partial charge is 0.349 e. The van der Waals surface area contributed by atoms with Crippen LogP contribution in [0.4, 0.5) is 0 Å². The van der Waals surface area contributed by atoms with Crippen molar-refractivity contribution in [3.05, 3.63) is 64.7 Å². The van der Waals surface area contributed by atoms with Gasteiger partial charge in [-0.15, -0.1) is 11.8 Å². The number of carbonyl (C=O) groups excluding carboxylic acids is 1. The van der Waals surface area contributed by atoms with Gasteiger partial charge in [0.2, 0.25) is 0 Å². The number of piperidine rings is 1. The number of likely N-dealkylation sites (tertiary alicyclic amines) is 1. The zero-order valence-corrected chi connectivity index (χ0v) is 16.7. The molecule has 0 bridgehead atoms. The van der Waals surface area contributed by atoms with Crippen LogP contribution in [0.25, 0.3) is 0 Å². The molecule has 1 amide bonds. The van der Waals surface area contributed by atoms with Gasteiger partial charge in [-0.25, -0.2) is 0 Å². The SMILES string of the molecule is CSc1ccc(C)c(C(=O)NC2CCN(Cc3cccc(C)c3)CC2)c1. The normalized spacial score (nSPS) is 15.8. The van der Waals surface area contributed by atoms with E-state index in [-0.39, 0.29) is 11.9 Å². The van der Waals surface area contributed by atoms with Crippen LogP contribution in [-0.4, -0.2) is 36.2 Å². The maximum Gasteiger partial charge on any atom is 0.251 e. The fraction of sp³-hybridized carbons (Fsp3) is 0.409. The molecular formula is C22H28N2OS. The van der Waals surface area contributed by atoms with Crippen molar-refractivity contribution >= 4 is 17.7 Å². The second-order valence-corrected chi connectivity index (χ2v) is 8.07. The van der Waals surface area contributed by atoms with E-state index in [0.29, 0.717) is 0 Å². The highest BCUT2D eigenvalue weighted by Crippen LogP contribution is 2.20. The number of carbonyl (C=O) groups is 1. The summed E-state index contributed by atoms with van der Waals surface area (Å²) in [5, 5.41) is 3.25. The van der Waals surface area contributed by atoms with Crippen LogP contribution >= 0.6 is 11.8 Å². The first-order valence-electron chi connectivity index (χ1n) is 9.28. The smallest absolute Gasteiger partial charge is 0.251 e. The maximum atomic E-state index is 12.7. The molecule has 0 spiro atoms. The Balaban J connectivity index is 1.53. The Bertz CT molecular complexity index is 766. The van der Waals surface area contributed by atoms with Crippen LogP contribution in [0.1, 0.15) is 39.9 Å². The van der Waals surface area contributed by atoms with Crippen molar-refractivity contribution in [1.82, 2.24) is 10.2 Å². The van der Waals surface area contributed by atoms with Gasteiger partial charge in [-0.1, -0.05) is 35.9 Å². The van der Waals surface area contributed by atoms with E-state index in [1.807, 2.05) is 25.3 Å². The van der Waals surface area contributed by atoms with Crippen molar-refractivity contribution < 1.29 is 4.79 Å². The van der Waals surface area contributed by atoms with Gasteiger partial charge in [0.15, 0.2) is 0 Å². The lowest BCUT2D eigenvalue weighted by atomic mass is 10.0. The van der Waals surface area contributed by atoms with Crippen molar-refractivity contribution in [3.8, 4) is 0 Å². The highest BCUT2D eigenvalue weighted by Gasteiger charge is 2.22.